The van der Waals surface area contributed by atoms with Crippen molar-refractivity contribution in [1.82, 2.24) is 10.6 Å². The Morgan fingerprint density at radius 1 is 1.17 bits per heavy atom. The molecule has 152 valence electrons. The van der Waals surface area contributed by atoms with Crippen LogP contribution in [0.4, 0.5) is 10.5 Å². The van der Waals surface area contributed by atoms with E-state index in [0.717, 1.165) is 11.3 Å². The number of fused-ring (bicyclic) bond motifs is 4. The van der Waals surface area contributed by atoms with Gasteiger partial charge in [0.25, 0.3) is 5.91 Å². The van der Waals surface area contributed by atoms with E-state index in [1.54, 1.807) is 47.6 Å². The van der Waals surface area contributed by atoms with Gasteiger partial charge in [0.2, 0.25) is 0 Å². The zero-order valence-electron chi connectivity index (χ0n) is 16.4. The molecule has 1 saturated heterocycles. The van der Waals surface area contributed by atoms with Crippen LogP contribution in [0.5, 0.6) is 5.75 Å². The Kier molecular flexibility index (Phi) is 4.24. The van der Waals surface area contributed by atoms with Gasteiger partial charge in [-0.1, -0.05) is 18.2 Å². The van der Waals surface area contributed by atoms with Gasteiger partial charge < -0.3 is 19.8 Å². The molecule has 7 nitrogen and oxygen atoms in total. The number of ether oxygens (including phenoxy) is 1. The minimum Gasteiger partial charge on any atom is -0.467 e. The highest BCUT2D eigenvalue weighted by Gasteiger charge is 2.49. The van der Waals surface area contributed by atoms with Crippen LogP contribution in [0.3, 0.4) is 0 Å². The van der Waals surface area contributed by atoms with Crippen LogP contribution in [0, 0.1) is 0 Å². The van der Waals surface area contributed by atoms with E-state index in [1.165, 1.54) is 0 Å². The number of hydrogen-bond acceptors (Lipinski definition) is 4. The molecule has 0 saturated carbocycles. The van der Waals surface area contributed by atoms with Crippen LogP contribution in [0.1, 0.15) is 41.1 Å². The summed E-state index contributed by atoms with van der Waals surface area (Å²) in [6, 6.07) is 17.9. The van der Waals surface area contributed by atoms with Crippen LogP contribution in [-0.2, 0) is 6.54 Å². The molecule has 2 atom stereocenters. The number of nitrogens with one attached hydrogen (secondary N) is 2. The molecule has 0 aliphatic carbocycles. The van der Waals surface area contributed by atoms with Crippen molar-refractivity contribution in [3.05, 3.63) is 83.8 Å². The van der Waals surface area contributed by atoms with E-state index in [4.69, 9.17) is 9.15 Å². The van der Waals surface area contributed by atoms with E-state index >= 15 is 0 Å². The fourth-order valence-corrected chi connectivity index (χ4v) is 4.16. The highest BCUT2D eigenvalue weighted by molar-refractivity contribution is 5.97. The summed E-state index contributed by atoms with van der Waals surface area (Å²) in [6.45, 7) is 2.23. The number of para-hydroxylation sites is 1. The number of amides is 3. The second kappa shape index (κ2) is 6.95. The molecule has 2 aromatic carbocycles. The van der Waals surface area contributed by atoms with Crippen molar-refractivity contribution < 1.29 is 18.7 Å². The lowest BCUT2D eigenvalue weighted by Crippen LogP contribution is -2.65. The van der Waals surface area contributed by atoms with Gasteiger partial charge in [0.05, 0.1) is 18.8 Å². The third-order valence-corrected chi connectivity index (χ3v) is 5.57. The first-order chi connectivity index (χ1) is 14.5. The Labute approximate surface area is 173 Å². The molecule has 7 heteroatoms. The zero-order valence-corrected chi connectivity index (χ0v) is 16.4. The van der Waals surface area contributed by atoms with Gasteiger partial charge in [-0.25, -0.2) is 4.79 Å². The van der Waals surface area contributed by atoms with E-state index in [9.17, 15) is 9.59 Å². The highest BCUT2D eigenvalue weighted by atomic mass is 16.5. The van der Waals surface area contributed by atoms with Crippen LogP contribution < -0.4 is 20.3 Å². The minimum absolute atomic E-state index is 0.0876. The Balaban J connectivity index is 1.36. The number of hydrogen-bond donors (Lipinski definition) is 2. The van der Waals surface area contributed by atoms with E-state index in [-0.39, 0.29) is 18.0 Å². The average Bonchev–Trinajstić information content (AvgIpc) is 3.25. The molecular weight excluding hydrogens is 382 g/mol. The van der Waals surface area contributed by atoms with Crippen molar-refractivity contribution in [2.45, 2.75) is 31.7 Å². The summed E-state index contributed by atoms with van der Waals surface area (Å²) in [7, 11) is 0. The number of furan rings is 1. The third kappa shape index (κ3) is 3.08. The quantitative estimate of drug-likeness (QED) is 0.690. The number of rotatable bonds is 4. The van der Waals surface area contributed by atoms with Gasteiger partial charge >= 0.3 is 6.03 Å². The summed E-state index contributed by atoms with van der Waals surface area (Å²) < 4.78 is 11.5. The Hall–Kier alpha value is -3.74. The number of benzene rings is 2. The van der Waals surface area contributed by atoms with Crippen LogP contribution in [0.15, 0.2) is 71.3 Å². The summed E-state index contributed by atoms with van der Waals surface area (Å²) in [6.07, 6.45) is 2.19. The molecule has 2 bridgehead atoms. The summed E-state index contributed by atoms with van der Waals surface area (Å²) in [5.74, 6) is 1.24. The molecule has 1 fully saturated rings. The fourth-order valence-electron chi connectivity index (χ4n) is 4.16. The van der Waals surface area contributed by atoms with Gasteiger partial charge in [-0.3, -0.25) is 9.69 Å². The monoisotopic (exact) mass is 403 g/mol. The maximum Gasteiger partial charge on any atom is 0.325 e. The minimum atomic E-state index is -0.815. The zero-order chi connectivity index (χ0) is 20.7. The van der Waals surface area contributed by atoms with Gasteiger partial charge in [-0.15, -0.1) is 0 Å². The fraction of sp³-hybridized carbons (Fsp3) is 0.217. The van der Waals surface area contributed by atoms with Crippen molar-refractivity contribution in [2.24, 2.45) is 0 Å². The Bertz CT molecular complexity index is 1090. The first kappa shape index (κ1) is 18.3. The second-order valence-corrected chi connectivity index (χ2v) is 7.67. The Morgan fingerprint density at radius 2 is 1.97 bits per heavy atom. The molecule has 2 N–H and O–H groups in total. The van der Waals surface area contributed by atoms with Crippen LogP contribution in [0.25, 0.3) is 0 Å². The second-order valence-electron chi connectivity index (χ2n) is 7.67. The molecule has 2 aliphatic heterocycles. The van der Waals surface area contributed by atoms with Crippen LogP contribution in [-0.4, -0.2) is 17.7 Å². The van der Waals surface area contributed by atoms with Crippen molar-refractivity contribution >= 4 is 17.6 Å². The first-order valence-corrected chi connectivity index (χ1v) is 9.83. The smallest absolute Gasteiger partial charge is 0.325 e. The molecule has 3 heterocycles. The van der Waals surface area contributed by atoms with Gasteiger partial charge in [0.15, 0.2) is 5.72 Å². The molecule has 0 radical (unpaired) electrons. The lowest BCUT2D eigenvalue weighted by atomic mass is 9.90. The van der Waals surface area contributed by atoms with Gasteiger partial charge in [-0.05, 0) is 49.4 Å². The van der Waals surface area contributed by atoms with Crippen molar-refractivity contribution in [3.8, 4) is 5.75 Å². The average molecular weight is 403 g/mol. The SMILES string of the molecule is CC12CC(NC(=O)N1c1ccc(C(=O)NCc3ccco3)cc1)c1ccccc1O2. The Morgan fingerprint density at radius 3 is 2.73 bits per heavy atom. The largest absolute Gasteiger partial charge is 0.467 e. The molecule has 5 rings (SSSR count). The predicted molar refractivity (Wildman–Crippen MR) is 110 cm³/mol. The van der Waals surface area contributed by atoms with E-state index in [2.05, 4.69) is 10.6 Å². The standard InChI is InChI=1S/C23H21N3O4/c1-23-13-19(18-6-2-3-7-20(18)30-23)25-22(28)26(23)16-10-8-15(9-11-16)21(27)24-14-17-5-4-12-29-17/h2-12,19H,13-14H2,1H3,(H,24,27)(H,25,28). The van der Waals surface area contributed by atoms with E-state index < -0.39 is 5.72 Å². The summed E-state index contributed by atoms with van der Waals surface area (Å²) in [5, 5.41) is 5.88. The maximum atomic E-state index is 12.9. The molecule has 2 aliphatic rings. The van der Waals surface area contributed by atoms with Crippen molar-refractivity contribution in [1.29, 1.82) is 0 Å². The van der Waals surface area contributed by atoms with Crippen molar-refractivity contribution in [2.75, 3.05) is 4.90 Å². The highest BCUT2D eigenvalue weighted by Crippen LogP contribution is 2.45. The lowest BCUT2D eigenvalue weighted by molar-refractivity contribution is 0.0379. The first-order valence-electron chi connectivity index (χ1n) is 9.83. The van der Waals surface area contributed by atoms with Crippen LogP contribution >= 0.6 is 0 Å². The van der Waals surface area contributed by atoms with Gasteiger partial charge in [0, 0.05) is 23.2 Å². The maximum absolute atomic E-state index is 12.9. The normalized spacial score (nSPS) is 22.0. The third-order valence-electron chi connectivity index (χ3n) is 5.57. The summed E-state index contributed by atoms with van der Waals surface area (Å²) >= 11 is 0. The molecule has 2 unspecified atom stereocenters. The topological polar surface area (TPSA) is 83.8 Å². The number of nitrogens with zero attached hydrogens (tertiary/aromatic N) is 1. The summed E-state index contributed by atoms with van der Waals surface area (Å²) in [5.41, 5.74) is 1.34. The number of carbonyl (C=O) groups excluding carboxylic acids is 2. The van der Waals surface area contributed by atoms with Gasteiger partial charge in [0.1, 0.15) is 11.5 Å². The molecule has 3 aromatic rings. The molecule has 1 aromatic heterocycles. The van der Waals surface area contributed by atoms with Crippen molar-refractivity contribution in [3.63, 3.8) is 0 Å². The molecule has 3 amide bonds. The molecule has 0 spiro atoms. The molecule has 30 heavy (non-hydrogen) atoms. The summed E-state index contributed by atoms with van der Waals surface area (Å²) in [4.78, 5) is 26.9. The van der Waals surface area contributed by atoms with Gasteiger partial charge in [-0.2, -0.15) is 0 Å². The molecular formula is C23H21N3O4. The van der Waals surface area contributed by atoms with Crippen LogP contribution in [0.2, 0.25) is 0 Å². The van der Waals surface area contributed by atoms with E-state index in [1.807, 2.05) is 31.2 Å². The predicted octanol–water partition coefficient (Wildman–Crippen LogP) is 3.98. The number of anilines is 1. The van der Waals surface area contributed by atoms with E-state index in [0.29, 0.717) is 30.0 Å². The number of urea groups is 1. The lowest BCUT2D eigenvalue weighted by Gasteiger charge is -2.50. The number of carbonyl (C=O) groups is 2.